The lowest BCUT2D eigenvalue weighted by Gasteiger charge is -2.30. The molecule has 0 unspecified atom stereocenters. The van der Waals surface area contributed by atoms with Gasteiger partial charge in [0.2, 0.25) is 5.91 Å². The average Bonchev–Trinajstić information content (AvgIpc) is 3.12. The van der Waals surface area contributed by atoms with Gasteiger partial charge in [-0.15, -0.1) is 0 Å². The van der Waals surface area contributed by atoms with Gasteiger partial charge in [-0.1, -0.05) is 6.92 Å². The van der Waals surface area contributed by atoms with E-state index in [0.717, 1.165) is 12.0 Å². The molecule has 0 aliphatic carbocycles. The molecule has 2 atom stereocenters. The van der Waals surface area contributed by atoms with E-state index in [9.17, 15) is 9.59 Å². The highest BCUT2D eigenvalue weighted by Crippen LogP contribution is 2.34. The van der Waals surface area contributed by atoms with Crippen LogP contribution in [0.4, 0.5) is 4.79 Å². The third-order valence-corrected chi connectivity index (χ3v) is 4.91. The van der Waals surface area contributed by atoms with Gasteiger partial charge >= 0.3 is 6.03 Å². The van der Waals surface area contributed by atoms with E-state index in [-0.39, 0.29) is 23.8 Å². The van der Waals surface area contributed by atoms with Crippen LogP contribution in [-0.4, -0.2) is 72.7 Å². The van der Waals surface area contributed by atoms with Crippen molar-refractivity contribution in [2.45, 2.75) is 19.3 Å². The van der Waals surface area contributed by atoms with E-state index in [0.29, 0.717) is 45.9 Å². The van der Waals surface area contributed by atoms with Crippen molar-refractivity contribution in [3.63, 3.8) is 0 Å². The summed E-state index contributed by atoms with van der Waals surface area (Å²) in [7, 11) is 0. The van der Waals surface area contributed by atoms with Crippen LogP contribution in [0.25, 0.3) is 0 Å². The Kier molecular flexibility index (Phi) is 5.86. The Morgan fingerprint density at radius 2 is 1.92 bits per heavy atom. The van der Waals surface area contributed by atoms with E-state index in [1.54, 1.807) is 17.3 Å². The number of ether oxygens (including phenoxy) is 1. The van der Waals surface area contributed by atoms with Gasteiger partial charge in [0.05, 0.1) is 19.1 Å². The van der Waals surface area contributed by atoms with Crippen molar-refractivity contribution in [2.75, 3.05) is 45.9 Å². The van der Waals surface area contributed by atoms with Crippen LogP contribution in [-0.2, 0) is 9.53 Å². The lowest BCUT2D eigenvalue weighted by molar-refractivity contribution is -0.139. The number of hydrogen-bond donors (Lipinski definition) is 1. The average molecular weight is 346 g/mol. The maximum Gasteiger partial charge on any atom is 0.317 e. The van der Waals surface area contributed by atoms with Gasteiger partial charge in [-0.25, -0.2) is 4.79 Å². The largest absolute Gasteiger partial charge is 0.378 e. The van der Waals surface area contributed by atoms with Crippen LogP contribution in [0.15, 0.2) is 24.5 Å². The molecule has 136 valence electrons. The number of urea groups is 1. The molecule has 2 aliphatic heterocycles. The maximum absolute atomic E-state index is 13.1. The van der Waals surface area contributed by atoms with Crippen LogP contribution in [0.2, 0.25) is 0 Å². The fourth-order valence-corrected chi connectivity index (χ4v) is 3.53. The van der Waals surface area contributed by atoms with Crippen LogP contribution < -0.4 is 5.32 Å². The van der Waals surface area contributed by atoms with Crippen LogP contribution in [0.3, 0.4) is 0 Å². The minimum Gasteiger partial charge on any atom is -0.378 e. The molecule has 2 aliphatic rings. The molecule has 25 heavy (non-hydrogen) atoms. The Labute approximate surface area is 148 Å². The van der Waals surface area contributed by atoms with Crippen molar-refractivity contribution < 1.29 is 14.3 Å². The topological polar surface area (TPSA) is 74.8 Å². The molecule has 1 aromatic rings. The van der Waals surface area contributed by atoms with Gasteiger partial charge in [0.1, 0.15) is 0 Å². The Bertz CT molecular complexity index is 589. The summed E-state index contributed by atoms with van der Waals surface area (Å²) >= 11 is 0. The predicted octanol–water partition coefficient (Wildman–Crippen LogP) is 1.08. The number of morpholine rings is 1. The normalized spacial score (nSPS) is 23.6. The molecule has 0 bridgehead atoms. The van der Waals surface area contributed by atoms with Gasteiger partial charge in [-0.3, -0.25) is 9.78 Å². The van der Waals surface area contributed by atoms with E-state index < -0.39 is 0 Å². The fourth-order valence-electron chi connectivity index (χ4n) is 3.53. The number of amides is 3. The highest BCUT2D eigenvalue weighted by molar-refractivity contribution is 5.83. The molecule has 2 saturated heterocycles. The zero-order chi connectivity index (χ0) is 17.6. The third-order valence-electron chi connectivity index (χ3n) is 4.91. The minimum absolute atomic E-state index is 0.00530. The van der Waals surface area contributed by atoms with Gasteiger partial charge in [0.25, 0.3) is 0 Å². The van der Waals surface area contributed by atoms with Crippen LogP contribution in [0.5, 0.6) is 0 Å². The molecular weight excluding hydrogens is 320 g/mol. The first kappa shape index (κ1) is 17.7. The van der Waals surface area contributed by atoms with E-state index >= 15 is 0 Å². The number of nitrogens with one attached hydrogen (secondary N) is 1. The van der Waals surface area contributed by atoms with E-state index in [2.05, 4.69) is 10.3 Å². The maximum atomic E-state index is 13.1. The predicted molar refractivity (Wildman–Crippen MR) is 93.1 cm³/mol. The number of carbonyl (C=O) groups excluding carboxylic acids is 2. The smallest absolute Gasteiger partial charge is 0.317 e. The lowest BCUT2D eigenvalue weighted by Crippen LogP contribution is -2.45. The van der Waals surface area contributed by atoms with Crippen molar-refractivity contribution >= 4 is 11.9 Å². The highest BCUT2D eigenvalue weighted by atomic mass is 16.5. The molecule has 7 heteroatoms. The number of aromatic nitrogens is 1. The fraction of sp³-hybridized carbons (Fsp3) is 0.611. The Hall–Kier alpha value is -2.15. The van der Waals surface area contributed by atoms with Crippen molar-refractivity contribution in [3.05, 3.63) is 30.1 Å². The molecule has 1 aromatic heterocycles. The summed E-state index contributed by atoms with van der Waals surface area (Å²) in [4.78, 5) is 33.2. The molecule has 7 nitrogen and oxygen atoms in total. The second-order valence-electron chi connectivity index (χ2n) is 6.57. The monoisotopic (exact) mass is 346 g/mol. The standard InChI is InChI=1S/C18H26N4O3/c1-2-5-20-18(24)22-12-15(14-3-6-19-7-4-14)16(13-22)17(23)21-8-10-25-11-9-21/h3-4,6-7,15-16H,2,5,8-13H2,1H3,(H,20,24)/t15-,16+/m0/s1. The van der Waals surface area contributed by atoms with Gasteiger partial charge < -0.3 is 19.9 Å². The molecule has 3 rings (SSSR count). The number of hydrogen-bond acceptors (Lipinski definition) is 4. The number of rotatable bonds is 4. The van der Waals surface area contributed by atoms with Gasteiger partial charge in [0.15, 0.2) is 0 Å². The van der Waals surface area contributed by atoms with Gasteiger partial charge in [-0.2, -0.15) is 0 Å². The van der Waals surface area contributed by atoms with Gasteiger partial charge in [-0.05, 0) is 24.1 Å². The Morgan fingerprint density at radius 1 is 1.20 bits per heavy atom. The quantitative estimate of drug-likeness (QED) is 0.885. The molecular formula is C18H26N4O3. The Balaban J connectivity index is 1.76. The summed E-state index contributed by atoms with van der Waals surface area (Å²) in [6.45, 7) is 6.10. The molecule has 0 radical (unpaired) electrons. The van der Waals surface area contributed by atoms with Crippen LogP contribution in [0, 0.1) is 5.92 Å². The van der Waals surface area contributed by atoms with Crippen LogP contribution in [0.1, 0.15) is 24.8 Å². The second kappa shape index (κ2) is 8.29. The first-order chi connectivity index (χ1) is 12.2. The number of likely N-dealkylation sites (tertiary alicyclic amines) is 1. The molecule has 3 amide bonds. The highest BCUT2D eigenvalue weighted by Gasteiger charge is 2.42. The third kappa shape index (κ3) is 4.10. The van der Waals surface area contributed by atoms with Crippen molar-refractivity contribution in [2.24, 2.45) is 5.92 Å². The van der Waals surface area contributed by atoms with Crippen LogP contribution >= 0.6 is 0 Å². The lowest BCUT2D eigenvalue weighted by atomic mass is 9.88. The summed E-state index contributed by atoms with van der Waals surface area (Å²) in [6, 6.07) is 3.80. The second-order valence-corrected chi connectivity index (χ2v) is 6.57. The minimum atomic E-state index is -0.215. The molecule has 0 spiro atoms. The molecule has 1 N–H and O–H groups in total. The summed E-state index contributed by atoms with van der Waals surface area (Å²) < 4.78 is 5.35. The summed E-state index contributed by atoms with van der Waals surface area (Å²) in [5.74, 6) is -0.0884. The summed E-state index contributed by atoms with van der Waals surface area (Å²) in [5, 5.41) is 2.92. The molecule has 3 heterocycles. The van der Waals surface area contributed by atoms with Crippen molar-refractivity contribution in [3.8, 4) is 0 Å². The summed E-state index contributed by atoms with van der Waals surface area (Å²) in [5.41, 5.74) is 1.06. The first-order valence-corrected chi connectivity index (χ1v) is 9.00. The zero-order valence-corrected chi connectivity index (χ0v) is 14.7. The van der Waals surface area contributed by atoms with E-state index in [4.69, 9.17) is 4.74 Å². The number of nitrogens with zero attached hydrogens (tertiary/aromatic N) is 3. The zero-order valence-electron chi connectivity index (χ0n) is 14.7. The number of pyridine rings is 1. The van der Waals surface area contributed by atoms with Crippen molar-refractivity contribution in [1.29, 1.82) is 0 Å². The summed E-state index contributed by atoms with van der Waals surface area (Å²) in [6.07, 6.45) is 4.38. The molecule has 0 aromatic carbocycles. The SMILES string of the molecule is CCCNC(=O)N1C[C@@H](C(=O)N2CCOCC2)[C@H](c2ccncc2)C1. The first-order valence-electron chi connectivity index (χ1n) is 9.00. The molecule has 0 saturated carbocycles. The van der Waals surface area contributed by atoms with E-state index in [1.165, 1.54) is 0 Å². The Morgan fingerprint density at radius 3 is 2.60 bits per heavy atom. The van der Waals surface area contributed by atoms with Gasteiger partial charge in [0, 0.05) is 51.0 Å². The number of carbonyl (C=O) groups is 2. The van der Waals surface area contributed by atoms with Crippen molar-refractivity contribution in [1.82, 2.24) is 20.1 Å². The molecule has 2 fully saturated rings. The van der Waals surface area contributed by atoms with E-state index in [1.807, 2.05) is 24.0 Å².